The molecule has 0 saturated carbocycles. The molecule has 0 aliphatic heterocycles. The lowest BCUT2D eigenvalue weighted by atomic mass is 10.2. The number of aryl methyl sites for hydroxylation is 1. The van der Waals surface area contributed by atoms with Crippen LogP contribution in [0.2, 0.25) is 0 Å². The fourth-order valence-corrected chi connectivity index (χ4v) is 3.32. The van der Waals surface area contributed by atoms with E-state index in [1.54, 1.807) is 38.4 Å². The maximum absolute atomic E-state index is 12.2. The quantitative estimate of drug-likeness (QED) is 0.674. The summed E-state index contributed by atoms with van der Waals surface area (Å²) in [5.74, 6) is 0.869. The number of hydrogen-bond acceptors (Lipinski definition) is 7. The number of pyridine rings is 2. The van der Waals surface area contributed by atoms with Crippen LogP contribution in [0.4, 0.5) is 0 Å². The molecule has 3 heterocycles. The predicted molar refractivity (Wildman–Crippen MR) is 94.7 cm³/mol. The van der Waals surface area contributed by atoms with Crippen molar-refractivity contribution in [2.75, 3.05) is 7.11 Å². The number of hydrogen-bond donors (Lipinski definition) is 1. The van der Waals surface area contributed by atoms with E-state index in [0.717, 1.165) is 0 Å². The Hall–Kier alpha value is -2.78. The third-order valence-electron chi connectivity index (χ3n) is 3.50. The minimum absolute atomic E-state index is 0.0240. The Bertz CT molecular complexity index is 987. The van der Waals surface area contributed by atoms with Gasteiger partial charge in [-0.25, -0.2) is 18.1 Å². The third kappa shape index (κ3) is 4.64. The molecule has 0 aliphatic carbocycles. The Labute approximate surface area is 151 Å². The van der Waals surface area contributed by atoms with Crippen LogP contribution in [0.25, 0.3) is 11.4 Å². The van der Waals surface area contributed by atoms with Crippen molar-refractivity contribution in [3.05, 3.63) is 59.7 Å². The van der Waals surface area contributed by atoms with Crippen LogP contribution in [0.3, 0.4) is 0 Å². The largest absolute Gasteiger partial charge is 0.497 e. The lowest BCUT2D eigenvalue weighted by Crippen LogP contribution is -2.25. The normalized spacial score (nSPS) is 11.5. The minimum atomic E-state index is -3.59. The van der Waals surface area contributed by atoms with Crippen LogP contribution >= 0.6 is 0 Å². The van der Waals surface area contributed by atoms with Crippen LogP contribution < -0.4 is 9.46 Å². The van der Waals surface area contributed by atoms with Crippen LogP contribution in [0.5, 0.6) is 5.75 Å². The van der Waals surface area contributed by atoms with Gasteiger partial charge in [0.2, 0.25) is 10.0 Å². The molecular weight excluding hydrogens is 356 g/mol. The molecule has 0 amide bonds. The van der Waals surface area contributed by atoms with E-state index in [1.165, 1.54) is 0 Å². The van der Waals surface area contributed by atoms with E-state index in [0.29, 0.717) is 34.3 Å². The fraction of sp³-hybridized carbons (Fsp3) is 0.235. The van der Waals surface area contributed by atoms with Crippen molar-refractivity contribution >= 4 is 10.0 Å². The maximum atomic E-state index is 12.2. The smallest absolute Gasteiger partial charge is 0.217 e. The maximum Gasteiger partial charge on any atom is 0.217 e. The van der Waals surface area contributed by atoms with E-state index in [4.69, 9.17) is 9.26 Å². The molecule has 0 radical (unpaired) electrons. The molecule has 0 aliphatic rings. The highest BCUT2D eigenvalue weighted by Gasteiger charge is 2.15. The Morgan fingerprint density at radius 1 is 1.15 bits per heavy atom. The summed E-state index contributed by atoms with van der Waals surface area (Å²) in [6.45, 7) is 1.73. The molecular formula is C17H18N4O4S. The summed E-state index contributed by atoms with van der Waals surface area (Å²) in [5, 5.41) is 3.70. The highest BCUT2D eigenvalue weighted by Crippen LogP contribution is 2.21. The van der Waals surface area contributed by atoms with Gasteiger partial charge in [0.15, 0.2) is 0 Å². The molecule has 3 aromatic rings. The van der Waals surface area contributed by atoms with Gasteiger partial charge in [-0.1, -0.05) is 11.2 Å². The fourth-order valence-electron chi connectivity index (χ4n) is 2.33. The first-order valence-electron chi connectivity index (χ1n) is 7.81. The number of aromatic nitrogens is 3. The highest BCUT2D eigenvalue weighted by atomic mass is 32.2. The molecule has 136 valence electrons. The Morgan fingerprint density at radius 3 is 2.65 bits per heavy atom. The predicted octanol–water partition coefficient (Wildman–Crippen LogP) is 2.07. The van der Waals surface area contributed by atoms with E-state index >= 15 is 0 Å². The van der Waals surface area contributed by atoms with Crippen molar-refractivity contribution < 1.29 is 17.7 Å². The van der Waals surface area contributed by atoms with Crippen molar-refractivity contribution in [3.63, 3.8) is 0 Å². The Kier molecular flexibility index (Phi) is 5.29. The SMILES string of the molecule is COc1cc(CNS(=O)(=O)Cc2cc(C)on2)nc(-c2ccccn2)c1. The van der Waals surface area contributed by atoms with Gasteiger partial charge in [-0.05, 0) is 19.1 Å². The second-order valence-corrected chi connectivity index (χ2v) is 7.41. The molecule has 0 unspecified atom stereocenters. The van der Waals surface area contributed by atoms with Gasteiger partial charge in [0, 0.05) is 24.4 Å². The summed E-state index contributed by atoms with van der Waals surface area (Å²) in [6.07, 6.45) is 1.67. The Morgan fingerprint density at radius 2 is 2.00 bits per heavy atom. The van der Waals surface area contributed by atoms with Crippen molar-refractivity contribution in [2.24, 2.45) is 0 Å². The van der Waals surface area contributed by atoms with E-state index in [2.05, 4.69) is 19.8 Å². The molecule has 0 atom stereocenters. The molecule has 0 bridgehead atoms. The van der Waals surface area contributed by atoms with Crippen LogP contribution in [0.1, 0.15) is 17.1 Å². The van der Waals surface area contributed by atoms with Gasteiger partial charge in [0.1, 0.15) is 23.0 Å². The molecule has 0 saturated heterocycles. The molecule has 0 spiro atoms. The average molecular weight is 374 g/mol. The molecule has 9 heteroatoms. The van der Waals surface area contributed by atoms with Crippen LogP contribution in [-0.4, -0.2) is 30.7 Å². The molecule has 1 N–H and O–H groups in total. The molecule has 3 rings (SSSR count). The number of sulfonamides is 1. The van der Waals surface area contributed by atoms with Crippen LogP contribution in [-0.2, 0) is 22.3 Å². The van der Waals surface area contributed by atoms with Gasteiger partial charge in [-0.2, -0.15) is 0 Å². The second kappa shape index (κ2) is 7.63. The van der Waals surface area contributed by atoms with E-state index < -0.39 is 10.0 Å². The lowest BCUT2D eigenvalue weighted by molar-refractivity contribution is 0.392. The summed E-state index contributed by atoms with van der Waals surface area (Å²) >= 11 is 0. The first-order chi connectivity index (χ1) is 12.4. The van der Waals surface area contributed by atoms with Gasteiger partial charge < -0.3 is 9.26 Å². The summed E-state index contributed by atoms with van der Waals surface area (Å²) in [6, 6.07) is 10.5. The van der Waals surface area contributed by atoms with Crippen molar-refractivity contribution in [2.45, 2.75) is 19.2 Å². The second-order valence-electron chi connectivity index (χ2n) is 5.61. The zero-order valence-electron chi connectivity index (χ0n) is 14.3. The summed E-state index contributed by atoms with van der Waals surface area (Å²) in [4.78, 5) is 8.72. The number of nitrogens with one attached hydrogen (secondary N) is 1. The van der Waals surface area contributed by atoms with Gasteiger partial charge >= 0.3 is 0 Å². The van der Waals surface area contributed by atoms with Gasteiger partial charge in [0.05, 0.1) is 30.7 Å². The summed E-state index contributed by atoms with van der Waals surface area (Å²) < 4.78 is 37.1. The first kappa shape index (κ1) is 18.0. The molecule has 26 heavy (non-hydrogen) atoms. The highest BCUT2D eigenvalue weighted by molar-refractivity contribution is 7.88. The van der Waals surface area contributed by atoms with E-state index in [9.17, 15) is 8.42 Å². The Balaban J connectivity index is 1.76. The van der Waals surface area contributed by atoms with E-state index in [1.807, 2.05) is 18.2 Å². The third-order valence-corrected chi connectivity index (χ3v) is 4.76. The summed E-state index contributed by atoms with van der Waals surface area (Å²) in [5.41, 5.74) is 2.15. The minimum Gasteiger partial charge on any atom is -0.497 e. The van der Waals surface area contributed by atoms with Gasteiger partial charge in [-0.15, -0.1) is 0 Å². The zero-order chi connectivity index (χ0) is 18.6. The van der Waals surface area contributed by atoms with E-state index in [-0.39, 0.29) is 12.3 Å². The number of ether oxygens (including phenoxy) is 1. The zero-order valence-corrected chi connectivity index (χ0v) is 15.2. The van der Waals surface area contributed by atoms with Crippen molar-refractivity contribution in [1.82, 2.24) is 19.8 Å². The summed E-state index contributed by atoms with van der Waals surface area (Å²) in [7, 11) is -2.05. The molecule has 0 aromatic carbocycles. The van der Waals surface area contributed by atoms with Crippen LogP contribution in [0.15, 0.2) is 47.1 Å². The molecule has 0 fully saturated rings. The van der Waals surface area contributed by atoms with Crippen molar-refractivity contribution in [3.8, 4) is 17.1 Å². The molecule has 8 nitrogen and oxygen atoms in total. The monoisotopic (exact) mass is 374 g/mol. The van der Waals surface area contributed by atoms with Crippen molar-refractivity contribution in [1.29, 1.82) is 0 Å². The number of methoxy groups -OCH3 is 1. The number of nitrogens with zero attached hydrogens (tertiary/aromatic N) is 3. The van der Waals surface area contributed by atoms with Crippen LogP contribution in [0, 0.1) is 6.92 Å². The molecule has 3 aromatic heterocycles. The van der Waals surface area contributed by atoms with Gasteiger partial charge in [0.25, 0.3) is 0 Å². The topological polar surface area (TPSA) is 107 Å². The van der Waals surface area contributed by atoms with Gasteiger partial charge in [-0.3, -0.25) is 4.98 Å². The first-order valence-corrected chi connectivity index (χ1v) is 9.46. The lowest BCUT2D eigenvalue weighted by Gasteiger charge is -2.09. The number of rotatable bonds is 7. The standard InChI is InChI=1S/C17H18N4O4S/c1-12-7-14(21-25-12)11-26(22,23)19-10-13-8-15(24-2)9-17(20-13)16-5-3-4-6-18-16/h3-9,19H,10-11H2,1-2H3. The average Bonchev–Trinajstić information content (AvgIpc) is 3.04.